The van der Waals surface area contributed by atoms with E-state index in [0.29, 0.717) is 12.5 Å². The van der Waals surface area contributed by atoms with Crippen LogP contribution in [0.1, 0.15) is 18.1 Å². The van der Waals surface area contributed by atoms with E-state index in [9.17, 15) is 0 Å². The van der Waals surface area contributed by atoms with Crippen molar-refractivity contribution in [2.75, 3.05) is 6.54 Å². The van der Waals surface area contributed by atoms with E-state index in [-0.39, 0.29) is 0 Å². The lowest BCUT2D eigenvalue weighted by molar-refractivity contribution is 0.761. The van der Waals surface area contributed by atoms with E-state index in [2.05, 4.69) is 47.1 Å². The molecule has 2 N–H and O–H groups in total. The van der Waals surface area contributed by atoms with Gasteiger partial charge in [0, 0.05) is 4.47 Å². The third-order valence-electron chi connectivity index (χ3n) is 2.81. The summed E-state index contributed by atoms with van der Waals surface area (Å²) in [6.07, 6.45) is 3.35. The van der Waals surface area contributed by atoms with Gasteiger partial charge < -0.3 is 5.73 Å². The summed E-state index contributed by atoms with van der Waals surface area (Å²) in [7, 11) is 0. The summed E-state index contributed by atoms with van der Waals surface area (Å²) in [6.45, 7) is 2.90. The highest BCUT2D eigenvalue weighted by molar-refractivity contribution is 9.10. The molecule has 2 rings (SSSR count). The Bertz CT molecular complexity index is 382. The van der Waals surface area contributed by atoms with Gasteiger partial charge in [0.05, 0.1) is 0 Å². The minimum Gasteiger partial charge on any atom is -0.330 e. The lowest BCUT2D eigenvalue weighted by Gasteiger charge is -2.13. The molecule has 0 amide bonds. The third-order valence-corrected chi connectivity index (χ3v) is 3.48. The fourth-order valence-corrected chi connectivity index (χ4v) is 2.59. The smallest absolute Gasteiger partial charge is 0.0253 e. The lowest BCUT2D eigenvalue weighted by Crippen LogP contribution is -2.12. The van der Waals surface area contributed by atoms with Gasteiger partial charge >= 0.3 is 0 Å². The van der Waals surface area contributed by atoms with Gasteiger partial charge in [-0.15, -0.1) is 0 Å². The normalized spacial score (nSPS) is 16.4. The van der Waals surface area contributed by atoms with Gasteiger partial charge in [0.25, 0.3) is 0 Å². The molecule has 1 atom stereocenters. The molecule has 0 heterocycles. The van der Waals surface area contributed by atoms with Crippen molar-refractivity contribution in [3.8, 4) is 0 Å². The highest BCUT2D eigenvalue weighted by Gasteiger charge is 2.20. The largest absolute Gasteiger partial charge is 0.330 e. The van der Waals surface area contributed by atoms with Crippen molar-refractivity contribution in [2.24, 2.45) is 11.7 Å². The first-order valence-electron chi connectivity index (χ1n) is 4.92. The van der Waals surface area contributed by atoms with Crippen LogP contribution in [-0.4, -0.2) is 6.54 Å². The molecule has 74 valence electrons. The number of nitrogens with two attached hydrogens (primary N) is 1. The van der Waals surface area contributed by atoms with Gasteiger partial charge in [-0.2, -0.15) is 0 Å². The fourth-order valence-electron chi connectivity index (χ4n) is 1.96. The van der Waals surface area contributed by atoms with Crippen LogP contribution >= 0.6 is 15.9 Å². The number of allylic oxidation sites excluding steroid dienone is 1. The third kappa shape index (κ3) is 1.53. The maximum absolute atomic E-state index is 5.70. The van der Waals surface area contributed by atoms with Crippen LogP contribution < -0.4 is 5.73 Å². The van der Waals surface area contributed by atoms with Crippen LogP contribution in [0.3, 0.4) is 0 Å². The molecule has 1 aliphatic carbocycles. The van der Waals surface area contributed by atoms with Crippen molar-refractivity contribution in [1.29, 1.82) is 0 Å². The molecule has 0 saturated heterocycles. The topological polar surface area (TPSA) is 26.0 Å². The highest BCUT2D eigenvalue weighted by Crippen LogP contribution is 2.37. The minimum atomic E-state index is 0.454. The zero-order chi connectivity index (χ0) is 10.1. The van der Waals surface area contributed by atoms with Gasteiger partial charge in [0.15, 0.2) is 0 Å². The number of fused-ring (bicyclic) bond motifs is 1. The summed E-state index contributed by atoms with van der Waals surface area (Å²) < 4.78 is 1.19. The molecule has 1 aliphatic rings. The molecule has 0 saturated carbocycles. The molecule has 0 aliphatic heterocycles. The van der Waals surface area contributed by atoms with E-state index in [4.69, 9.17) is 5.73 Å². The molecule has 1 unspecified atom stereocenters. The fraction of sp³-hybridized carbons (Fsp3) is 0.333. The molecule has 0 radical (unpaired) electrons. The van der Waals surface area contributed by atoms with Crippen LogP contribution in [0.25, 0.3) is 5.57 Å². The Morgan fingerprint density at radius 3 is 3.00 bits per heavy atom. The Morgan fingerprint density at radius 2 is 2.29 bits per heavy atom. The Morgan fingerprint density at radius 1 is 1.50 bits per heavy atom. The van der Waals surface area contributed by atoms with E-state index in [1.165, 1.54) is 21.2 Å². The van der Waals surface area contributed by atoms with Gasteiger partial charge in [-0.05, 0) is 41.6 Å². The van der Waals surface area contributed by atoms with Crippen molar-refractivity contribution in [2.45, 2.75) is 13.3 Å². The first kappa shape index (κ1) is 9.94. The zero-order valence-electron chi connectivity index (χ0n) is 8.26. The van der Waals surface area contributed by atoms with E-state index in [1.807, 2.05) is 0 Å². The summed E-state index contributed by atoms with van der Waals surface area (Å²) in [5.41, 5.74) is 9.88. The second-order valence-electron chi connectivity index (χ2n) is 3.77. The summed E-state index contributed by atoms with van der Waals surface area (Å²) in [5.74, 6) is 0.454. The summed E-state index contributed by atoms with van der Waals surface area (Å²) in [4.78, 5) is 0. The molecule has 2 heteroatoms. The van der Waals surface area contributed by atoms with Crippen LogP contribution in [0, 0.1) is 5.92 Å². The van der Waals surface area contributed by atoms with E-state index < -0.39 is 0 Å². The first-order chi connectivity index (χ1) is 6.74. The molecule has 14 heavy (non-hydrogen) atoms. The Labute approximate surface area is 93.1 Å². The van der Waals surface area contributed by atoms with Crippen molar-refractivity contribution in [3.05, 3.63) is 39.9 Å². The molecule has 1 nitrogen and oxygen atoms in total. The molecule has 0 aromatic heterocycles. The second kappa shape index (κ2) is 3.87. The Hall–Kier alpha value is -0.600. The molecule has 1 aromatic rings. The molecule has 0 bridgehead atoms. The average molecular weight is 252 g/mol. The summed E-state index contributed by atoms with van der Waals surface area (Å²) in [5, 5.41) is 0. The van der Waals surface area contributed by atoms with Gasteiger partial charge in [0.1, 0.15) is 0 Å². The van der Waals surface area contributed by atoms with Crippen LogP contribution in [-0.2, 0) is 6.42 Å². The Balaban J connectivity index is 2.45. The van der Waals surface area contributed by atoms with E-state index in [1.54, 1.807) is 0 Å². The SMILES string of the molecule is CC(CN)C1=CCc2cccc(Br)c21. The lowest BCUT2D eigenvalue weighted by atomic mass is 9.95. The molecule has 0 fully saturated rings. The van der Waals surface area contributed by atoms with Crippen molar-refractivity contribution in [1.82, 2.24) is 0 Å². The second-order valence-corrected chi connectivity index (χ2v) is 4.63. The predicted molar refractivity (Wildman–Crippen MR) is 64.0 cm³/mol. The molecule has 1 aromatic carbocycles. The molecular weight excluding hydrogens is 238 g/mol. The summed E-state index contributed by atoms with van der Waals surface area (Å²) in [6, 6.07) is 6.38. The standard InChI is InChI=1S/C12H14BrN/c1-8(7-14)10-6-5-9-3-2-4-11(13)12(9)10/h2-4,6,8H,5,7,14H2,1H3. The Kier molecular flexibility index (Phi) is 2.75. The minimum absolute atomic E-state index is 0.454. The average Bonchev–Trinajstić information content (AvgIpc) is 2.62. The summed E-state index contributed by atoms with van der Waals surface area (Å²) >= 11 is 3.60. The van der Waals surface area contributed by atoms with Gasteiger partial charge in [-0.1, -0.05) is 41.1 Å². The van der Waals surface area contributed by atoms with Crippen LogP contribution in [0.4, 0.5) is 0 Å². The predicted octanol–water partition coefficient (Wildman–Crippen LogP) is 2.98. The molecular formula is C12H14BrN. The van der Waals surface area contributed by atoms with Crippen LogP contribution in [0.15, 0.2) is 28.7 Å². The van der Waals surface area contributed by atoms with E-state index in [0.717, 1.165) is 6.42 Å². The van der Waals surface area contributed by atoms with Crippen molar-refractivity contribution >= 4 is 21.5 Å². The van der Waals surface area contributed by atoms with Crippen LogP contribution in [0.5, 0.6) is 0 Å². The van der Waals surface area contributed by atoms with E-state index >= 15 is 0 Å². The number of benzene rings is 1. The van der Waals surface area contributed by atoms with Gasteiger partial charge in [-0.25, -0.2) is 0 Å². The van der Waals surface area contributed by atoms with Gasteiger partial charge in [-0.3, -0.25) is 0 Å². The van der Waals surface area contributed by atoms with Gasteiger partial charge in [0.2, 0.25) is 0 Å². The highest BCUT2D eigenvalue weighted by atomic mass is 79.9. The van der Waals surface area contributed by atoms with Crippen LogP contribution in [0.2, 0.25) is 0 Å². The number of halogens is 1. The zero-order valence-corrected chi connectivity index (χ0v) is 9.84. The van der Waals surface area contributed by atoms with Crippen molar-refractivity contribution in [3.63, 3.8) is 0 Å². The van der Waals surface area contributed by atoms with Crippen molar-refractivity contribution < 1.29 is 0 Å². The monoisotopic (exact) mass is 251 g/mol. The number of hydrogen-bond acceptors (Lipinski definition) is 1. The maximum atomic E-state index is 5.70. The maximum Gasteiger partial charge on any atom is 0.0253 e. The molecule has 0 spiro atoms. The first-order valence-corrected chi connectivity index (χ1v) is 5.71. The quantitative estimate of drug-likeness (QED) is 0.860. The number of hydrogen-bond donors (Lipinski definition) is 1. The number of rotatable bonds is 2.